The topological polar surface area (TPSA) is 102 Å². The van der Waals surface area contributed by atoms with Gasteiger partial charge in [0.2, 0.25) is 0 Å². The van der Waals surface area contributed by atoms with Crippen LogP contribution in [0, 0.1) is 11.2 Å². The molecule has 10 heteroatoms. The summed E-state index contributed by atoms with van der Waals surface area (Å²) in [6.07, 6.45) is 7.80. The molecular weight excluding hydrogens is 499 g/mol. The molecule has 3 aromatic rings. The molecule has 0 bridgehead atoms. The Morgan fingerprint density at radius 1 is 1.21 bits per heavy atom. The van der Waals surface area contributed by atoms with Crippen LogP contribution in [0.4, 0.5) is 10.2 Å². The smallest absolute Gasteiger partial charge is 0.255 e. The van der Waals surface area contributed by atoms with Gasteiger partial charge >= 0.3 is 0 Å². The van der Waals surface area contributed by atoms with E-state index in [4.69, 9.17) is 9.47 Å². The van der Waals surface area contributed by atoms with Gasteiger partial charge in [-0.1, -0.05) is 6.07 Å². The molecule has 1 unspecified atom stereocenters. The zero-order chi connectivity index (χ0) is 27.1. The van der Waals surface area contributed by atoms with Crippen LogP contribution in [0.3, 0.4) is 0 Å². The molecule has 6 rings (SSSR count). The molecule has 1 saturated heterocycles. The number of hydrogen-bond donors (Lipinski definition) is 2. The molecule has 1 aliphatic carbocycles. The van der Waals surface area contributed by atoms with Crippen LogP contribution < -0.4 is 25.0 Å². The number of ether oxygens (including phenoxy) is 2. The van der Waals surface area contributed by atoms with Crippen LogP contribution in [0.1, 0.15) is 61.3 Å². The van der Waals surface area contributed by atoms with Crippen molar-refractivity contribution in [2.45, 2.75) is 58.2 Å². The highest BCUT2D eigenvalue weighted by atomic mass is 19.1. The standard InChI is InChI=1S/C29H33FN6O3/c1-17(2)35-28(37)20-5-4-6-21(30)26(20)39-24-13-31-16-34-27(24)36-14-29(15-36)11-19(12-29)38-23-8-10-33-22-7-9-32-18(3)25(22)23/h4-6,8,10,13,16-19,32H,7,9,11-12,14-15H2,1-3H3,(H,35,37). The van der Waals surface area contributed by atoms with Gasteiger partial charge in [0, 0.05) is 55.3 Å². The summed E-state index contributed by atoms with van der Waals surface area (Å²) in [5.74, 6) is 0.674. The first-order chi connectivity index (χ1) is 18.8. The number of benzene rings is 1. The number of hydrogen-bond acceptors (Lipinski definition) is 8. The Bertz CT molecular complexity index is 1390. The minimum Gasteiger partial charge on any atom is -0.490 e. The Kier molecular flexibility index (Phi) is 6.58. The van der Waals surface area contributed by atoms with E-state index in [1.807, 2.05) is 26.1 Å². The lowest BCUT2D eigenvalue weighted by atomic mass is 9.61. The molecule has 2 aromatic heterocycles. The van der Waals surface area contributed by atoms with E-state index >= 15 is 0 Å². The van der Waals surface area contributed by atoms with E-state index in [0.717, 1.165) is 50.3 Å². The summed E-state index contributed by atoms with van der Waals surface area (Å²) < 4.78 is 27.2. The second-order valence-electron chi connectivity index (χ2n) is 11.2. The number of aromatic nitrogens is 3. The zero-order valence-corrected chi connectivity index (χ0v) is 22.4. The highest BCUT2D eigenvalue weighted by Crippen LogP contribution is 2.52. The van der Waals surface area contributed by atoms with Crippen LogP contribution in [0.15, 0.2) is 43.0 Å². The van der Waals surface area contributed by atoms with Crippen LogP contribution in [-0.4, -0.2) is 52.6 Å². The fourth-order valence-electron chi connectivity index (χ4n) is 5.97. The second-order valence-corrected chi connectivity index (χ2v) is 11.2. The molecule has 1 spiro atoms. The lowest BCUT2D eigenvalue weighted by Gasteiger charge is -2.59. The third-order valence-electron chi connectivity index (χ3n) is 7.75. The highest BCUT2D eigenvalue weighted by molar-refractivity contribution is 5.97. The van der Waals surface area contributed by atoms with Crippen molar-refractivity contribution in [3.63, 3.8) is 0 Å². The van der Waals surface area contributed by atoms with Gasteiger partial charge in [-0.3, -0.25) is 9.78 Å². The second kappa shape index (κ2) is 10.1. The van der Waals surface area contributed by atoms with Crippen molar-refractivity contribution < 1.29 is 18.7 Å². The Morgan fingerprint density at radius 3 is 2.82 bits per heavy atom. The number of carbonyl (C=O) groups is 1. The van der Waals surface area contributed by atoms with Crippen molar-refractivity contribution in [2.24, 2.45) is 5.41 Å². The largest absolute Gasteiger partial charge is 0.490 e. The molecule has 9 nitrogen and oxygen atoms in total. The van der Waals surface area contributed by atoms with Crippen molar-refractivity contribution in [1.29, 1.82) is 0 Å². The number of halogens is 1. The molecule has 204 valence electrons. The van der Waals surface area contributed by atoms with Gasteiger partial charge in [0.1, 0.15) is 18.2 Å². The third-order valence-corrected chi connectivity index (χ3v) is 7.75. The van der Waals surface area contributed by atoms with Crippen LogP contribution in [0.5, 0.6) is 17.2 Å². The van der Waals surface area contributed by atoms with E-state index in [-0.39, 0.29) is 34.9 Å². The van der Waals surface area contributed by atoms with E-state index in [0.29, 0.717) is 11.6 Å². The van der Waals surface area contributed by atoms with Gasteiger partial charge in [-0.15, -0.1) is 0 Å². The molecule has 3 aliphatic rings. The first-order valence-corrected chi connectivity index (χ1v) is 13.5. The van der Waals surface area contributed by atoms with Gasteiger partial charge in [0.15, 0.2) is 23.1 Å². The number of anilines is 1. The van der Waals surface area contributed by atoms with E-state index < -0.39 is 11.7 Å². The van der Waals surface area contributed by atoms with E-state index in [1.54, 1.807) is 6.07 Å². The molecule has 39 heavy (non-hydrogen) atoms. The van der Waals surface area contributed by atoms with Crippen molar-refractivity contribution in [2.75, 3.05) is 24.5 Å². The Morgan fingerprint density at radius 2 is 2.03 bits per heavy atom. The molecular formula is C29H33FN6O3. The number of fused-ring (bicyclic) bond motifs is 1. The molecule has 1 aromatic carbocycles. The number of carbonyl (C=O) groups excluding carboxylic acids is 1. The fraction of sp³-hybridized carbons (Fsp3) is 0.448. The SMILES string of the molecule is CC(C)NC(=O)c1cccc(F)c1Oc1cncnc1N1CC2(CC(Oc3ccnc4c3C(C)NCC4)C2)C1. The van der Waals surface area contributed by atoms with Gasteiger partial charge in [-0.25, -0.2) is 14.4 Å². The maximum Gasteiger partial charge on any atom is 0.255 e. The average Bonchev–Trinajstić information content (AvgIpc) is 2.86. The molecule has 2 fully saturated rings. The summed E-state index contributed by atoms with van der Waals surface area (Å²) in [6.45, 7) is 8.37. The fourth-order valence-corrected chi connectivity index (χ4v) is 5.97. The first-order valence-electron chi connectivity index (χ1n) is 13.5. The van der Waals surface area contributed by atoms with Crippen LogP contribution in [0.2, 0.25) is 0 Å². The number of rotatable bonds is 7. The highest BCUT2D eigenvalue weighted by Gasteiger charge is 2.54. The summed E-state index contributed by atoms with van der Waals surface area (Å²) in [5.41, 5.74) is 2.58. The monoisotopic (exact) mass is 532 g/mol. The van der Waals surface area contributed by atoms with Gasteiger partial charge in [-0.05, 0) is 51.8 Å². The number of nitrogens with zero attached hydrogens (tertiary/aromatic N) is 4. The number of nitrogens with one attached hydrogen (secondary N) is 2. The van der Waals surface area contributed by atoms with Crippen LogP contribution in [0.25, 0.3) is 0 Å². The number of amides is 1. The summed E-state index contributed by atoms with van der Waals surface area (Å²) >= 11 is 0. The van der Waals surface area contributed by atoms with Crippen molar-refractivity contribution >= 4 is 11.7 Å². The molecule has 1 saturated carbocycles. The first kappa shape index (κ1) is 25.5. The third kappa shape index (κ3) is 4.89. The quantitative estimate of drug-likeness (QED) is 0.467. The zero-order valence-electron chi connectivity index (χ0n) is 22.4. The predicted molar refractivity (Wildman–Crippen MR) is 144 cm³/mol. The molecule has 4 heterocycles. The van der Waals surface area contributed by atoms with Gasteiger partial charge in [-0.2, -0.15) is 0 Å². The summed E-state index contributed by atoms with van der Waals surface area (Å²) in [7, 11) is 0. The minimum atomic E-state index is -0.622. The van der Waals surface area contributed by atoms with Crippen molar-refractivity contribution in [3.05, 3.63) is 65.6 Å². The van der Waals surface area contributed by atoms with E-state index in [9.17, 15) is 9.18 Å². The lowest BCUT2D eigenvalue weighted by Crippen LogP contribution is -2.65. The minimum absolute atomic E-state index is 0.0964. The van der Waals surface area contributed by atoms with E-state index in [2.05, 4.69) is 37.4 Å². The lowest BCUT2D eigenvalue weighted by molar-refractivity contribution is -0.0351. The Labute approximate surface area is 227 Å². The number of pyridine rings is 1. The van der Waals surface area contributed by atoms with Gasteiger partial charge in [0.25, 0.3) is 5.91 Å². The normalized spacial score (nSPS) is 19.7. The molecule has 0 radical (unpaired) electrons. The maximum atomic E-state index is 14.8. The summed E-state index contributed by atoms with van der Waals surface area (Å²) in [5, 5.41) is 6.29. The Balaban J connectivity index is 1.12. The van der Waals surface area contributed by atoms with Crippen molar-refractivity contribution in [1.82, 2.24) is 25.6 Å². The summed E-state index contributed by atoms with van der Waals surface area (Å²) in [6, 6.07) is 6.42. The van der Waals surface area contributed by atoms with Crippen LogP contribution >= 0.6 is 0 Å². The van der Waals surface area contributed by atoms with Gasteiger partial charge < -0.3 is 25.0 Å². The molecule has 2 N–H and O–H groups in total. The molecule has 1 atom stereocenters. The predicted octanol–water partition coefficient (Wildman–Crippen LogP) is 4.20. The molecule has 2 aliphatic heterocycles. The van der Waals surface area contributed by atoms with Crippen LogP contribution in [-0.2, 0) is 6.42 Å². The molecule has 1 amide bonds. The van der Waals surface area contributed by atoms with Gasteiger partial charge in [0.05, 0.1) is 17.5 Å². The number of para-hydroxylation sites is 1. The Hall–Kier alpha value is -3.79. The average molecular weight is 533 g/mol. The maximum absolute atomic E-state index is 14.8. The van der Waals surface area contributed by atoms with Crippen molar-refractivity contribution in [3.8, 4) is 17.2 Å². The summed E-state index contributed by atoms with van der Waals surface area (Å²) in [4.78, 5) is 27.9. The van der Waals surface area contributed by atoms with E-state index in [1.165, 1.54) is 30.2 Å².